The number of benzene rings is 1. The summed E-state index contributed by atoms with van der Waals surface area (Å²) in [5, 5.41) is 9.48. The van der Waals surface area contributed by atoms with Gasteiger partial charge in [0.2, 0.25) is 0 Å². The highest BCUT2D eigenvalue weighted by Crippen LogP contribution is 2.26. The Labute approximate surface area is 107 Å². The second-order valence-electron chi connectivity index (χ2n) is 4.96. The van der Waals surface area contributed by atoms with Gasteiger partial charge in [0.1, 0.15) is 6.10 Å². The largest absolute Gasteiger partial charge is 0.444 e. The predicted octanol–water partition coefficient (Wildman–Crippen LogP) is 2.02. The summed E-state index contributed by atoms with van der Waals surface area (Å²) in [5.41, 5.74) is 1.04. The van der Waals surface area contributed by atoms with Gasteiger partial charge < -0.3 is 9.84 Å². The third kappa shape index (κ3) is 2.48. The van der Waals surface area contributed by atoms with Crippen LogP contribution in [0.2, 0.25) is 0 Å². The number of hydrogen-bond acceptors (Lipinski definition) is 3. The number of amides is 1. The summed E-state index contributed by atoms with van der Waals surface area (Å²) >= 11 is 0. The van der Waals surface area contributed by atoms with Crippen molar-refractivity contribution in [1.29, 1.82) is 0 Å². The zero-order chi connectivity index (χ0) is 13.1. The molecule has 1 aliphatic rings. The SMILES string of the molecule is CC(C)[C@@H]1OC(=O)N(Cc2ccccc2)[C@@H]1CO. The van der Waals surface area contributed by atoms with E-state index >= 15 is 0 Å². The van der Waals surface area contributed by atoms with Crippen molar-refractivity contribution in [3.05, 3.63) is 35.9 Å². The van der Waals surface area contributed by atoms with Gasteiger partial charge in [-0.2, -0.15) is 0 Å². The van der Waals surface area contributed by atoms with E-state index in [1.54, 1.807) is 4.90 Å². The van der Waals surface area contributed by atoms with Crippen molar-refractivity contribution in [3.8, 4) is 0 Å². The summed E-state index contributed by atoms with van der Waals surface area (Å²) in [6, 6.07) is 9.48. The molecule has 4 nitrogen and oxygen atoms in total. The highest BCUT2D eigenvalue weighted by atomic mass is 16.6. The third-order valence-corrected chi connectivity index (χ3v) is 3.29. The van der Waals surface area contributed by atoms with Crippen LogP contribution >= 0.6 is 0 Å². The Morgan fingerprint density at radius 1 is 1.33 bits per heavy atom. The minimum atomic E-state index is -0.336. The normalized spacial score (nSPS) is 23.6. The first-order chi connectivity index (χ1) is 8.63. The monoisotopic (exact) mass is 249 g/mol. The quantitative estimate of drug-likeness (QED) is 0.888. The van der Waals surface area contributed by atoms with E-state index < -0.39 is 0 Å². The Balaban J connectivity index is 2.14. The van der Waals surface area contributed by atoms with Crippen LogP contribution in [-0.4, -0.2) is 34.9 Å². The molecule has 1 fully saturated rings. The molecule has 4 heteroatoms. The van der Waals surface area contributed by atoms with Gasteiger partial charge in [-0.25, -0.2) is 4.79 Å². The molecule has 2 atom stereocenters. The fourth-order valence-corrected chi connectivity index (χ4v) is 2.32. The van der Waals surface area contributed by atoms with Gasteiger partial charge in [0, 0.05) is 6.54 Å². The molecule has 1 heterocycles. The molecule has 0 unspecified atom stereocenters. The van der Waals surface area contributed by atoms with Crippen molar-refractivity contribution in [1.82, 2.24) is 4.90 Å². The molecule has 1 N–H and O–H groups in total. The summed E-state index contributed by atoms with van der Waals surface area (Å²) in [5.74, 6) is 0.201. The van der Waals surface area contributed by atoms with Crippen LogP contribution in [0.15, 0.2) is 30.3 Å². The van der Waals surface area contributed by atoms with Crippen LogP contribution in [-0.2, 0) is 11.3 Å². The van der Waals surface area contributed by atoms with Gasteiger partial charge in [-0.3, -0.25) is 4.90 Å². The molecule has 98 valence electrons. The number of aliphatic hydroxyl groups excluding tert-OH is 1. The molecular weight excluding hydrogens is 230 g/mol. The smallest absolute Gasteiger partial charge is 0.410 e. The number of nitrogens with zero attached hydrogens (tertiary/aromatic N) is 1. The second kappa shape index (κ2) is 5.40. The van der Waals surface area contributed by atoms with Crippen molar-refractivity contribution < 1.29 is 14.6 Å². The maximum Gasteiger partial charge on any atom is 0.410 e. The third-order valence-electron chi connectivity index (χ3n) is 3.29. The molecule has 1 amide bonds. The van der Waals surface area contributed by atoms with Gasteiger partial charge in [0.15, 0.2) is 0 Å². The van der Waals surface area contributed by atoms with E-state index in [1.807, 2.05) is 44.2 Å². The maximum absolute atomic E-state index is 11.9. The molecule has 1 aliphatic heterocycles. The Morgan fingerprint density at radius 2 is 2.00 bits per heavy atom. The summed E-state index contributed by atoms with van der Waals surface area (Å²) in [4.78, 5) is 13.5. The van der Waals surface area contributed by atoms with E-state index in [0.29, 0.717) is 6.54 Å². The first-order valence-electron chi connectivity index (χ1n) is 6.25. The number of rotatable bonds is 4. The number of ether oxygens (including phenoxy) is 1. The van der Waals surface area contributed by atoms with Gasteiger partial charge >= 0.3 is 6.09 Å². The Bertz CT molecular complexity index is 405. The van der Waals surface area contributed by atoms with Crippen LogP contribution in [0.25, 0.3) is 0 Å². The topological polar surface area (TPSA) is 49.8 Å². The molecule has 0 bridgehead atoms. The first kappa shape index (κ1) is 12.9. The number of carbonyl (C=O) groups is 1. The maximum atomic E-state index is 11.9. The summed E-state index contributed by atoms with van der Waals surface area (Å²) in [6.45, 7) is 4.40. The van der Waals surface area contributed by atoms with Gasteiger partial charge in [-0.05, 0) is 11.5 Å². The van der Waals surface area contributed by atoms with E-state index in [0.717, 1.165) is 5.56 Å². The molecule has 0 aromatic heterocycles. The number of aliphatic hydroxyl groups is 1. The lowest BCUT2D eigenvalue weighted by atomic mass is 10.00. The number of cyclic esters (lactones) is 1. The second-order valence-corrected chi connectivity index (χ2v) is 4.96. The molecule has 0 aliphatic carbocycles. The molecular formula is C14H19NO3. The average Bonchev–Trinajstić information content (AvgIpc) is 2.68. The van der Waals surface area contributed by atoms with Crippen LogP contribution in [0.1, 0.15) is 19.4 Å². The lowest BCUT2D eigenvalue weighted by Crippen LogP contribution is -2.40. The standard InChI is InChI=1S/C14H19NO3/c1-10(2)13-12(9-16)15(14(17)18-13)8-11-6-4-3-5-7-11/h3-7,10,12-13,16H,8-9H2,1-2H3/t12-,13+/m1/s1. The van der Waals surface area contributed by atoms with E-state index in [-0.39, 0.29) is 30.8 Å². The highest BCUT2D eigenvalue weighted by Gasteiger charge is 2.42. The van der Waals surface area contributed by atoms with E-state index in [2.05, 4.69) is 0 Å². The van der Waals surface area contributed by atoms with Gasteiger partial charge in [0.25, 0.3) is 0 Å². The van der Waals surface area contributed by atoms with Crippen LogP contribution in [0.5, 0.6) is 0 Å². The van der Waals surface area contributed by atoms with Gasteiger partial charge in [-0.1, -0.05) is 44.2 Å². The molecule has 2 rings (SSSR count). The Kier molecular flexibility index (Phi) is 3.87. The molecule has 0 spiro atoms. The zero-order valence-corrected chi connectivity index (χ0v) is 10.7. The van der Waals surface area contributed by atoms with Gasteiger partial charge in [0.05, 0.1) is 12.6 Å². The molecule has 18 heavy (non-hydrogen) atoms. The lowest BCUT2D eigenvalue weighted by Gasteiger charge is -2.24. The van der Waals surface area contributed by atoms with Crippen molar-refractivity contribution in [2.75, 3.05) is 6.61 Å². The number of hydrogen-bond donors (Lipinski definition) is 1. The molecule has 1 saturated heterocycles. The molecule has 0 radical (unpaired) electrons. The van der Waals surface area contributed by atoms with E-state index in [1.165, 1.54) is 0 Å². The summed E-state index contributed by atoms with van der Waals surface area (Å²) in [6.07, 6.45) is -0.567. The van der Waals surface area contributed by atoms with Crippen molar-refractivity contribution in [2.45, 2.75) is 32.5 Å². The summed E-state index contributed by atoms with van der Waals surface area (Å²) in [7, 11) is 0. The predicted molar refractivity (Wildman–Crippen MR) is 68.0 cm³/mol. The lowest BCUT2D eigenvalue weighted by molar-refractivity contribution is 0.0845. The van der Waals surface area contributed by atoms with E-state index in [9.17, 15) is 9.90 Å². The van der Waals surface area contributed by atoms with E-state index in [4.69, 9.17) is 4.74 Å². The first-order valence-corrected chi connectivity index (χ1v) is 6.25. The van der Waals surface area contributed by atoms with Crippen LogP contribution in [0.4, 0.5) is 4.79 Å². The van der Waals surface area contributed by atoms with Gasteiger partial charge in [-0.15, -0.1) is 0 Å². The van der Waals surface area contributed by atoms with Crippen LogP contribution < -0.4 is 0 Å². The molecule has 1 aromatic carbocycles. The number of carbonyl (C=O) groups excluding carboxylic acids is 1. The Morgan fingerprint density at radius 3 is 2.56 bits per heavy atom. The fraction of sp³-hybridized carbons (Fsp3) is 0.500. The molecule has 1 aromatic rings. The highest BCUT2D eigenvalue weighted by molar-refractivity contribution is 5.70. The van der Waals surface area contributed by atoms with Crippen molar-refractivity contribution in [2.24, 2.45) is 5.92 Å². The average molecular weight is 249 g/mol. The van der Waals surface area contributed by atoms with Crippen LogP contribution in [0.3, 0.4) is 0 Å². The van der Waals surface area contributed by atoms with Crippen molar-refractivity contribution >= 4 is 6.09 Å². The minimum absolute atomic E-state index is 0.0680. The molecule has 0 saturated carbocycles. The van der Waals surface area contributed by atoms with Crippen LogP contribution in [0, 0.1) is 5.92 Å². The fourth-order valence-electron chi connectivity index (χ4n) is 2.32. The van der Waals surface area contributed by atoms with Crippen molar-refractivity contribution in [3.63, 3.8) is 0 Å². The zero-order valence-electron chi connectivity index (χ0n) is 10.7. The summed E-state index contributed by atoms with van der Waals surface area (Å²) < 4.78 is 5.34. The Hall–Kier alpha value is -1.55. The minimum Gasteiger partial charge on any atom is -0.444 e.